The van der Waals surface area contributed by atoms with Gasteiger partial charge >= 0.3 is 0 Å². The summed E-state index contributed by atoms with van der Waals surface area (Å²) in [5.74, 6) is 0. The second-order valence-corrected chi connectivity index (χ2v) is 5.73. The molecule has 0 aliphatic carbocycles. The van der Waals surface area contributed by atoms with E-state index in [0.29, 0.717) is 0 Å². The van der Waals surface area contributed by atoms with Crippen LogP contribution in [-0.2, 0) is 6.42 Å². The van der Waals surface area contributed by atoms with Crippen molar-refractivity contribution < 1.29 is 0 Å². The average Bonchev–Trinajstić information content (AvgIpc) is 2.82. The fraction of sp³-hybridized carbons (Fsp3) is 0.133. The average molecular weight is 336 g/mol. The number of halogens is 2. The van der Waals surface area contributed by atoms with Crippen LogP contribution in [-0.4, -0.2) is 9.38 Å². The van der Waals surface area contributed by atoms with Gasteiger partial charge in [-0.15, -0.1) is 0 Å². The van der Waals surface area contributed by atoms with Gasteiger partial charge in [0, 0.05) is 21.3 Å². The largest absolute Gasteiger partial charge is 0.298 e. The van der Waals surface area contributed by atoms with Crippen LogP contribution >= 0.6 is 27.5 Å². The molecule has 0 saturated heterocycles. The van der Waals surface area contributed by atoms with E-state index in [9.17, 15) is 0 Å². The second-order valence-electron chi connectivity index (χ2n) is 4.38. The summed E-state index contributed by atoms with van der Waals surface area (Å²) in [5, 5.41) is 0.744. The molecular formula is C15H12BrClN2. The third-order valence-corrected chi connectivity index (χ3v) is 3.86. The third-order valence-electron chi connectivity index (χ3n) is 3.17. The Bertz CT molecular complexity index is 732. The van der Waals surface area contributed by atoms with Crippen molar-refractivity contribution in [2.45, 2.75) is 13.3 Å². The van der Waals surface area contributed by atoms with Gasteiger partial charge in [-0.25, -0.2) is 4.98 Å². The number of pyridine rings is 1. The topological polar surface area (TPSA) is 17.3 Å². The molecule has 1 aromatic carbocycles. The Morgan fingerprint density at radius 2 is 2.00 bits per heavy atom. The van der Waals surface area contributed by atoms with Gasteiger partial charge in [0.1, 0.15) is 5.65 Å². The molecule has 2 aromatic heterocycles. The maximum absolute atomic E-state index is 5.93. The number of fused-ring (bicyclic) bond motifs is 1. The quantitative estimate of drug-likeness (QED) is 0.645. The highest BCUT2D eigenvalue weighted by molar-refractivity contribution is 9.10. The Hall–Kier alpha value is -1.32. The number of aryl methyl sites for hydroxylation is 1. The van der Waals surface area contributed by atoms with E-state index in [-0.39, 0.29) is 0 Å². The number of benzene rings is 1. The second kappa shape index (κ2) is 4.99. The minimum atomic E-state index is 0.744. The predicted octanol–water partition coefficient (Wildman–Crippen LogP) is 4.98. The molecule has 2 heterocycles. The van der Waals surface area contributed by atoms with Crippen LogP contribution in [0.2, 0.25) is 5.02 Å². The molecule has 0 amide bonds. The number of rotatable bonds is 2. The summed E-state index contributed by atoms with van der Waals surface area (Å²) < 4.78 is 3.18. The molecule has 96 valence electrons. The Balaban J connectivity index is 2.25. The summed E-state index contributed by atoms with van der Waals surface area (Å²) in [6.45, 7) is 2.14. The zero-order chi connectivity index (χ0) is 13.4. The Kier molecular flexibility index (Phi) is 3.33. The fourth-order valence-corrected chi connectivity index (χ4v) is 2.82. The molecule has 0 bridgehead atoms. The molecule has 19 heavy (non-hydrogen) atoms. The van der Waals surface area contributed by atoms with Crippen LogP contribution in [0.1, 0.15) is 12.5 Å². The molecule has 0 radical (unpaired) electrons. The third kappa shape index (κ3) is 2.28. The summed E-state index contributed by atoms with van der Waals surface area (Å²) >= 11 is 9.49. The highest BCUT2D eigenvalue weighted by atomic mass is 79.9. The lowest BCUT2D eigenvalue weighted by molar-refractivity contribution is 1.08. The zero-order valence-electron chi connectivity index (χ0n) is 10.4. The van der Waals surface area contributed by atoms with Crippen molar-refractivity contribution in [2.75, 3.05) is 0 Å². The molecule has 4 heteroatoms. The number of nitrogens with zero attached hydrogens (tertiary/aromatic N) is 2. The van der Waals surface area contributed by atoms with E-state index in [1.807, 2.05) is 36.7 Å². The lowest BCUT2D eigenvalue weighted by Gasteiger charge is -2.06. The lowest BCUT2D eigenvalue weighted by Crippen LogP contribution is -1.93. The van der Waals surface area contributed by atoms with Crippen molar-refractivity contribution >= 4 is 33.2 Å². The van der Waals surface area contributed by atoms with E-state index in [2.05, 4.69) is 38.3 Å². The number of imidazole rings is 1. The van der Waals surface area contributed by atoms with Crippen LogP contribution in [0.3, 0.4) is 0 Å². The summed E-state index contributed by atoms with van der Waals surface area (Å²) in [4.78, 5) is 4.54. The molecule has 0 unspecified atom stereocenters. The minimum Gasteiger partial charge on any atom is -0.298 e. The summed E-state index contributed by atoms with van der Waals surface area (Å²) in [7, 11) is 0. The fourth-order valence-electron chi connectivity index (χ4n) is 2.22. The van der Waals surface area contributed by atoms with Crippen LogP contribution in [0.25, 0.3) is 16.9 Å². The molecule has 0 aliphatic heterocycles. The van der Waals surface area contributed by atoms with E-state index in [1.165, 1.54) is 5.56 Å². The summed E-state index contributed by atoms with van der Waals surface area (Å²) in [5.41, 5.74) is 4.42. The van der Waals surface area contributed by atoms with Crippen LogP contribution < -0.4 is 0 Å². The van der Waals surface area contributed by atoms with Crippen LogP contribution in [0.15, 0.2) is 47.2 Å². The van der Waals surface area contributed by atoms with Crippen molar-refractivity contribution in [3.05, 3.63) is 57.8 Å². The van der Waals surface area contributed by atoms with Crippen molar-refractivity contribution in [1.29, 1.82) is 0 Å². The first-order valence-corrected chi connectivity index (χ1v) is 7.27. The van der Waals surface area contributed by atoms with E-state index < -0.39 is 0 Å². The van der Waals surface area contributed by atoms with Gasteiger partial charge in [-0.05, 0) is 46.1 Å². The van der Waals surface area contributed by atoms with Gasteiger partial charge in [0.05, 0.1) is 11.9 Å². The molecule has 0 fully saturated rings. The van der Waals surface area contributed by atoms with Crippen molar-refractivity contribution in [1.82, 2.24) is 9.38 Å². The van der Waals surface area contributed by atoms with Crippen LogP contribution in [0.4, 0.5) is 0 Å². The highest BCUT2D eigenvalue weighted by Crippen LogP contribution is 2.26. The molecular weight excluding hydrogens is 324 g/mol. The summed E-state index contributed by atoms with van der Waals surface area (Å²) in [6, 6.07) is 9.94. The highest BCUT2D eigenvalue weighted by Gasteiger charge is 2.09. The molecule has 0 spiro atoms. The van der Waals surface area contributed by atoms with Gasteiger partial charge in [0.2, 0.25) is 0 Å². The lowest BCUT2D eigenvalue weighted by atomic mass is 10.1. The normalized spacial score (nSPS) is 11.1. The van der Waals surface area contributed by atoms with E-state index >= 15 is 0 Å². The van der Waals surface area contributed by atoms with Crippen molar-refractivity contribution in [2.24, 2.45) is 0 Å². The molecule has 0 saturated carbocycles. The van der Waals surface area contributed by atoms with Crippen molar-refractivity contribution in [3.8, 4) is 11.3 Å². The molecule has 2 nitrogen and oxygen atoms in total. The Morgan fingerprint density at radius 3 is 2.68 bits per heavy atom. The standard InChI is InChI=1S/C15H12BrClN2/c1-2-10-7-12(16)9-19-14(8-18-15(10)19)11-3-5-13(17)6-4-11/h3-9H,2H2,1H3. The first-order valence-electron chi connectivity index (χ1n) is 6.10. The molecule has 0 aliphatic rings. The van der Waals surface area contributed by atoms with E-state index in [1.54, 1.807) is 0 Å². The van der Waals surface area contributed by atoms with Gasteiger partial charge in [0.25, 0.3) is 0 Å². The van der Waals surface area contributed by atoms with Gasteiger partial charge in [-0.1, -0.05) is 30.7 Å². The van der Waals surface area contributed by atoms with Crippen molar-refractivity contribution in [3.63, 3.8) is 0 Å². The van der Waals surface area contributed by atoms with Crippen LogP contribution in [0.5, 0.6) is 0 Å². The number of hydrogen-bond donors (Lipinski definition) is 0. The number of hydrogen-bond acceptors (Lipinski definition) is 1. The molecule has 0 N–H and O–H groups in total. The first kappa shape index (κ1) is 12.7. The Morgan fingerprint density at radius 1 is 1.26 bits per heavy atom. The number of aromatic nitrogens is 2. The first-order chi connectivity index (χ1) is 9.19. The van der Waals surface area contributed by atoms with Crippen LogP contribution in [0, 0.1) is 0 Å². The minimum absolute atomic E-state index is 0.744. The van der Waals surface area contributed by atoms with Gasteiger partial charge in [-0.2, -0.15) is 0 Å². The monoisotopic (exact) mass is 334 g/mol. The van der Waals surface area contributed by atoms with E-state index in [4.69, 9.17) is 11.6 Å². The SMILES string of the molecule is CCc1cc(Br)cn2c(-c3ccc(Cl)cc3)cnc12. The maximum Gasteiger partial charge on any atom is 0.140 e. The maximum atomic E-state index is 5.93. The molecule has 3 aromatic rings. The van der Waals surface area contributed by atoms with Gasteiger partial charge < -0.3 is 0 Å². The molecule has 0 atom stereocenters. The summed E-state index contributed by atoms with van der Waals surface area (Å²) in [6.07, 6.45) is 4.91. The predicted molar refractivity (Wildman–Crippen MR) is 82.7 cm³/mol. The van der Waals surface area contributed by atoms with E-state index in [0.717, 1.165) is 32.8 Å². The van der Waals surface area contributed by atoms with Gasteiger partial charge in [0.15, 0.2) is 0 Å². The van der Waals surface area contributed by atoms with Gasteiger partial charge in [-0.3, -0.25) is 4.40 Å². The zero-order valence-corrected chi connectivity index (χ0v) is 12.7. The smallest absolute Gasteiger partial charge is 0.140 e. The Labute approximate surface area is 125 Å². The molecule has 3 rings (SSSR count).